The molecule has 0 atom stereocenters. The van der Waals surface area contributed by atoms with Crippen LogP contribution in [0.1, 0.15) is 26.3 Å². The molecule has 9 nitrogen and oxygen atoms in total. The first kappa shape index (κ1) is 22.7. The molecule has 0 aliphatic carbocycles. The third-order valence-electron chi connectivity index (χ3n) is 4.22. The van der Waals surface area contributed by atoms with Gasteiger partial charge in [0.2, 0.25) is 0 Å². The van der Waals surface area contributed by atoms with Crippen molar-refractivity contribution in [3.8, 4) is 11.5 Å². The Labute approximate surface area is 175 Å². The lowest BCUT2D eigenvalue weighted by atomic mass is 10.2. The number of hydrogen-bond acceptors (Lipinski definition) is 7. The number of rotatable bonds is 11. The van der Waals surface area contributed by atoms with Gasteiger partial charge in [-0.3, -0.25) is 20.3 Å². The fourth-order valence-corrected chi connectivity index (χ4v) is 2.64. The molecule has 0 aliphatic rings. The number of ether oxygens (including phenoxy) is 2. The van der Waals surface area contributed by atoms with Crippen molar-refractivity contribution >= 4 is 23.5 Å². The Balaban J connectivity index is 2.03. The van der Waals surface area contributed by atoms with Gasteiger partial charge >= 0.3 is 0 Å². The Bertz CT molecular complexity index is 879. The number of hydrogen-bond donors (Lipinski definition) is 1. The monoisotopic (exact) mass is 414 g/mol. The Morgan fingerprint density at radius 1 is 1.10 bits per heavy atom. The summed E-state index contributed by atoms with van der Waals surface area (Å²) < 4.78 is 11.3. The molecule has 0 saturated carbocycles. The van der Waals surface area contributed by atoms with Gasteiger partial charge in [0, 0.05) is 25.2 Å². The zero-order valence-electron chi connectivity index (χ0n) is 17.3. The number of amides is 1. The standard InChI is InChI=1S/C21H26N4O5/c1-4-24(5-2)21(26)15-30-19-12-7-16(13-20(19)29-6-3)14-22-23-17-8-10-18(11-9-17)25(27)28/h7-14,23H,4-6,15H2,1-3H3/b22-14+. The van der Waals surface area contributed by atoms with E-state index in [0.29, 0.717) is 36.9 Å². The SMILES string of the molecule is CCOc1cc(/C=N/Nc2ccc([N+](=O)[O-])cc2)ccc1OCC(=O)N(CC)CC. The molecule has 0 aromatic heterocycles. The van der Waals surface area contributed by atoms with E-state index in [1.807, 2.05) is 20.8 Å². The van der Waals surface area contributed by atoms with Crippen molar-refractivity contribution in [1.29, 1.82) is 0 Å². The minimum atomic E-state index is -0.457. The van der Waals surface area contributed by atoms with Gasteiger partial charge in [-0.15, -0.1) is 0 Å². The molecule has 2 rings (SSSR count). The first-order valence-electron chi connectivity index (χ1n) is 9.69. The molecule has 0 radical (unpaired) electrons. The quantitative estimate of drug-likeness (QED) is 0.341. The summed E-state index contributed by atoms with van der Waals surface area (Å²) in [5.74, 6) is 0.919. The fourth-order valence-electron chi connectivity index (χ4n) is 2.64. The van der Waals surface area contributed by atoms with Gasteiger partial charge in [-0.05, 0) is 56.7 Å². The number of nitrogens with one attached hydrogen (secondary N) is 1. The number of anilines is 1. The van der Waals surface area contributed by atoms with Crippen molar-refractivity contribution in [1.82, 2.24) is 4.90 Å². The molecular weight excluding hydrogens is 388 g/mol. The molecule has 0 saturated heterocycles. The summed E-state index contributed by atoms with van der Waals surface area (Å²) in [6.45, 7) is 7.36. The number of nitrogens with zero attached hydrogens (tertiary/aromatic N) is 3. The topological polar surface area (TPSA) is 106 Å². The van der Waals surface area contributed by atoms with Crippen LogP contribution in [0, 0.1) is 10.1 Å². The number of carbonyl (C=O) groups excluding carboxylic acids is 1. The van der Waals surface area contributed by atoms with Gasteiger partial charge in [0.05, 0.1) is 23.4 Å². The van der Waals surface area contributed by atoms with Crippen LogP contribution in [0.2, 0.25) is 0 Å². The highest BCUT2D eigenvalue weighted by atomic mass is 16.6. The summed E-state index contributed by atoms with van der Waals surface area (Å²) in [6.07, 6.45) is 1.59. The lowest BCUT2D eigenvalue weighted by molar-refractivity contribution is -0.384. The Morgan fingerprint density at radius 2 is 1.80 bits per heavy atom. The van der Waals surface area contributed by atoms with Crippen LogP contribution in [0.4, 0.5) is 11.4 Å². The number of carbonyl (C=O) groups is 1. The summed E-state index contributed by atoms with van der Waals surface area (Å²) in [5, 5.41) is 14.8. The average Bonchev–Trinajstić information content (AvgIpc) is 2.74. The van der Waals surface area contributed by atoms with E-state index in [4.69, 9.17) is 9.47 Å². The van der Waals surface area contributed by atoms with Crippen molar-refractivity contribution in [2.45, 2.75) is 20.8 Å². The van der Waals surface area contributed by atoms with Gasteiger partial charge in [-0.1, -0.05) is 0 Å². The minimum absolute atomic E-state index is 0.0148. The average molecular weight is 414 g/mol. The molecular formula is C21H26N4O5. The highest BCUT2D eigenvalue weighted by Crippen LogP contribution is 2.28. The first-order chi connectivity index (χ1) is 14.5. The van der Waals surface area contributed by atoms with Crippen LogP contribution < -0.4 is 14.9 Å². The smallest absolute Gasteiger partial charge is 0.269 e. The van der Waals surface area contributed by atoms with Gasteiger partial charge in [0.25, 0.3) is 11.6 Å². The number of nitro groups is 1. The van der Waals surface area contributed by atoms with E-state index in [-0.39, 0.29) is 18.2 Å². The van der Waals surface area contributed by atoms with Crippen LogP contribution in [0.25, 0.3) is 0 Å². The largest absolute Gasteiger partial charge is 0.490 e. The van der Waals surface area contributed by atoms with Crippen LogP contribution in [-0.4, -0.2) is 48.2 Å². The highest BCUT2D eigenvalue weighted by Gasteiger charge is 2.13. The van der Waals surface area contributed by atoms with Crippen molar-refractivity contribution in [2.24, 2.45) is 5.10 Å². The summed E-state index contributed by atoms with van der Waals surface area (Å²) in [5.41, 5.74) is 4.21. The maximum atomic E-state index is 12.1. The van der Waals surface area contributed by atoms with E-state index in [2.05, 4.69) is 10.5 Å². The normalized spacial score (nSPS) is 10.6. The molecule has 30 heavy (non-hydrogen) atoms. The maximum absolute atomic E-state index is 12.1. The predicted molar refractivity (Wildman–Crippen MR) is 115 cm³/mol. The molecule has 0 heterocycles. The number of likely N-dealkylation sites (N-methyl/N-ethyl adjacent to an activating group) is 1. The second kappa shape index (κ2) is 11.4. The molecule has 0 unspecified atom stereocenters. The summed E-state index contributed by atoms with van der Waals surface area (Å²) in [6, 6.07) is 11.2. The van der Waals surface area contributed by atoms with Crippen LogP contribution in [0.5, 0.6) is 11.5 Å². The fraction of sp³-hybridized carbons (Fsp3) is 0.333. The number of nitro benzene ring substituents is 1. The molecule has 1 amide bonds. The predicted octanol–water partition coefficient (Wildman–Crippen LogP) is 3.69. The maximum Gasteiger partial charge on any atom is 0.269 e. The van der Waals surface area contributed by atoms with E-state index in [9.17, 15) is 14.9 Å². The molecule has 0 bridgehead atoms. The molecule has 0 aliphatic heterocycles. The van der Waals surface area contributed by atoms with Crippen molar-refractivity contribution in [2.75, 3.05) is 31.7 Å². The second-order valence-corrected chi connectivity index (χ2v) is 6.17. The second-order valence-electron chi connectivity index (χ2n) is 6.17. The van der Waals surface area contributed by atoms with Crippen molar-refractivity contribution in [3.63, 3.8) is 0 Å². The van der Waals surface area contributed by atoms with Crippen LogP contribution >= 0.6 is 0 Å². The van der Waals surface area contributed by atoms with E-state index in [1.165, 1.54) is 12.1 Å². The van der Waals surface area contributed by atoms with E-state index in [1.54, 1.807) is 41.4 Å². The third-order valence-corrected chi connectivity index (χ3v) is 4.22. The van der Waals surface area contributed by atoms with Crippen molar-refractivity contribution in [3.05, 3.63) is 58.1 Å². The minimum Gasteiger partial charge on any atom is -0.490 e. The molecule has 2 aromatic rings. The van der Waals surface area contributed by atoms with Crippen LogP contribution in [-0.2, 0) is 4.79 Å². The van der Waals surface area contributed by atoms with Crippen molar-refractivity contribution < 1.29 is 19.2 Å². The molecule has 9 heteroatoms. The van der Waals surface area contributed by atoms with Gasteiger partial charge in [0.15, 0.2) is 18.1 Å². The first-order valence-corrected chi connectivity index (χ1v) is 9.69. The number of non-ortho nitro benzene ring substituents is 1. The zero-order chi connectivity index (χ0) is 21.9. The molecule has 0 fully saturated rings. The highest BCUT2D eigenvalue weighted by molar-refractivity contribution is 5.82. The van der Waals surface area contributed by atoms with Gasteiger partial charge in [-0.2, -0.15) is 5.10 Å². The zero-order valence-corrected chi connectivity index (χ0v) is 17.3. The number of benzene rings is 2. The lowest BCUT2D eigenvalue weighted by Gasteiger charge is -2.19. The summed E-state index contributed by atoms with van der Waals surface area (Å²) in [4.78, 5) is 24.1. The molecule has 1 N–H and O–H groups in total. The summed E-state index contributed by atoms with van der Waals surface area (Å²) in [7, 11) is 0. The Kier molecular flexibility index (Phi) is 8.61. The molecule has 0 spiro atoms. The van der Waals surface area contributed by atoms with E-state index >= 15 is 0 Å². The summed E-state index contributed by atoms with van der Waals surface area (Å²) >= 11 is 0. The van der Waals surface area contributed by atoms with E-state index < -0.39 is 4.92 Å². The van der Waals surface area contributed by atoms with Gasteiger partial charge < -0.3 is 14.4 Å². The van der Waals surface area contributed by atoms with Crippen LogP contribution in [0.3, 0.4) is 0 Å². The van der Waals surface area contributed by atoms with Gasteiger partial charge in [-0.25, -0.2) is 0 Å². The Hall–Kier alpha value is -3.62. The molecule has 160 valence electrons. The van der Waals surface area contributed by atoms with E-state index in [0.717, 1.165) is 5.56 Å². The number of hydrazone groups is 1. The Morgan fingerprint density at radius 3 is 2.40 bits per heavy atom. The van der Waals surface area contributed by atoms with Crippen LogP contribution in [0.15, 0.2) is 47.6 Å². The molecule has 2 aromatic carbocycles. The third kappa shape index (κ3) is 6.47. The van der Waals surface area contributed by atoms with Gasteiger partial charge in [0.1, 0.15) is 0 Å². The lowest BCUT2D eigenvalue weighted by Crippen LogP contribution is -2.34.